The highest BCUT2D eigenvalue weighted by Crippen LogP contribution is 2.20. The molecule has 0 bridgehead atoms. The van der Waals surface area contributed by atoms with Gasteiger partial charge in [0, 0.05) is 18.8 Å². The number of nitrogens with zero attached hydrogens (tertiary/aromatic N) is 2. The summed E-state index contributed by atoms with van der Waals surface area (Å²) in [6, 6.07) is 7.87. The molecule has 2 N–H and O–H groups in total. The summed E-state index contributed by atoms with van der Waals surface area (Å²) < 4.78 is 5.48. The van der Waals surface area contributed by atoms with Crippen LogP contribution in [0.15, 0.2) is 24.3 Å². The molecule has 2 atom stereocenters. The van der Waals surface area contributed by atoms with Gasteiger partial charge in [-0.25, -0.2) is 0 Å². The Morgan fingerprint density at radius 3 is 2.34 bits per heavy atom. The number of hydrogen-bond acceptors (Lipinski definition) is 3. The maximum atomic E-state index is 12.7. The van der Waals surface area contributed by atoms with Crippen molar-refractivity contribution in [1.29, 1.82) is 0 Å². The molecule has 0 aromatic heterocycles. The third-order valence-electron chi connectivity index (χ3n) is 5.80. The molecule has 1 aromatic carbocycles. The lowest BCUT2D eigenvalue weighted by Gasteiger charge is -2.37. The van der Waals surface area contributed by atoms with E-state index in [1.807, 2.05) is 31.2 Å². The van der Waals surface area contributed by atoms with E-state index in [1.165, 1.54) is 11.3 Å². The zero-order valence-corrected chi connectivity index (χ0v) is 18.8. The molecule has 1 aromatic rings. The number of piperazine rings is 1. The maximum absolute atomic E-state index is 12.7. The second-order valence-corrected chi connectivity index (χ2v) is 8.93. The van der Waals surface area contributed by atoms with E-state index in [1.54, 1.807) is 0 Å². The number of amides is 1. The van der Waals surface area contributed by atoms with Gasteiger partial charge in [0.25, 0.3) is 5.91 Å². The summed E-state index contributed by atoms with van der Waals surface area (Å²) in [5, 5.41) is 4.06. The third kappa shape index (κ3) is 6.31. The van der Waals surface area contributed by atoms with E-state index < -0.39 is 0 Å². The maximum Gasteiger partial charge on any atom is 0.277 e. The van der Waals surface area contributed by atoms with E-state index in [9.17, 15) is 4.79 Å². The predicted octanol–water partition coefficient (Wildman–Crippen LogP) is 1.49. The number of quaternary nitrogens is 1. The molecule has 7 heteroatoms. The normalized spacial score (nSPS) is 23.0. The number of ether oxygens (including phenoxy) is 1. The minimum Gasteiger partial charge on any atom is -0.494 e. The fraction of sp³-hybridized carbons (Fsp3) is 0.636. The minimum absolute atomic E-state index is 0.307. The van der Waals surface area contributed by atoms with E-state index in [0.717, 1.165) is 55.8 Å². The van der Waals surface area contributed by atoms with Crippen molar-refractivity contribution in [3.05, 3.63) is 24.3 Å². The lowest BCUT2D eigenvalue weighted by Crippen LogP contribution is -3.15. The first kappa shape index (κ1) is 21.8. The van der Waals surface area contributed by atoms with Crippen LogP contribution in [-0.4, -0.2) is 73.2 Å². The van der Waals surface area contributed by atoms with Gasteiger partial charge >= 0.3 is 0 Å². The number of carbonyl (C=O) groups is 1. The number of rotatable bonds is 5. The second kappa shape index (κ2) is 10.3. The molecule has 2 aliphatic heterocycles. The first-order valence-corrected chi connectivity index (χ1v) is 11.3. The number of carbonyl (C=O) groups excluding carboxylic acids is 1. The molecule has 0 unspecified atom stereocenters. The van der Waals surface area contributed by atoms with E-state index in [2.05, 4.69) is 29.0 Å². The second-order valence-electron chi connectivity index (χ2n) is 8.55. The number of hydrogen-bond donors (Lipinski definition) is 2. The molecule has 0 spiro atoms. The minimum atomic E-state index is 0.307. The van der Waals surface area contributed by atoms with Gasteiger partial charge in [-0.1, -0.05) is 13.8 Å². The van der Waals surface area contributed by atoms with E-state index in [0.29, 0.717) is 30.9 Å². The van der Waals surface area contributed by atoms with Crippen molar-refractivity contribution in [3.8, 4) is 5.75 Å². The number of benzene rings is 1. The standard InChI is InChI=1S/C22H34N4O2S/c1-4-28-20-7-5-19(6-8-20)23-22(29)25-11-9-24(10-12-25)16-21(27)26-14-17(2)13-18(3)15-26/h5-8,17-18H,4,9-16H2,1-3H3,(H,23,29)/p+1/t17-,18+. The molecule has 6 nitrogen and oxygen atoms in total. The summed E-state index contributed by atoms with van der Waals surface area (Å²) in [4.78, 5) is 18.4. The quantitative estimate of drug-likeness (QED) is 0.709. The first-order valence-electron chi connectivity index (χ1n) is 10.8. The summed E-state index contributed by atoms with van der Waals surface area (Å²) >= 11 is 5.59. The SMILES string of the molecule is CCOc1ccc(NC(=S)N2CC[NH+](CC(=O)N3C[C@H](C)C[C@H](C)C3)CC2)cc1. The molecule has 2 fully saturated rings. The van der Waals surface area contributed by atoms with Crippen molar-refractivity contribution in [3.63, 3.8) is 0 Å². The van der Waals surface area contributed by atoms with Gasteiger partial charge in [-0.05, 0) is 61.7 Å². The van der Waals surface area contributed by atoms with E-state index >= 15 is 0 Å². The lowest BCUT2D eigenvalue weighted by molar-refractivity contribution is -0.896. The number of piperidine rings is 1. The fourth-order valence-corrected chi connectivity index (χ4v) is 4.70. The molecule has 2 saturated heterocycles. The van der Waals surface area contributed by atoms with Crippen molar-refractivity contribution in [2.45, 2.75) is 27.2 Å². The van der Waals surface area contributed by atoms with Gasteiger partial charge in [0.15, 0.2) is 11.7 Å². The molecule has 29 heavy (non-hydrogen) atoms. The van der Waals surface area contributed by atoms with Gasteiger partial charge in [-0.2, -0.15) is 0 Å². The Bertz CT molecular complexity index is 679. The molecule has 2 aliphatic rings. The zero-order chi connectivity index (χ0) is 20.8. The van der Waals surface area contributed by atoms with Crippen molar-refractivity contribution in [2.24, 2.45) is 11.8 Å². The summed E-state index contributed by atoms with van der Waals surface area (Å²) in [7, 11) is 0. The van der Waals surface area contributed by atoms with Crippen LogP contribution < -0.4 is 15.0 Å². The zero-order valence-electron chi connectivity index (χ0n) is 17.9. The molecule has 1 amide bonds. The van der Waals surface area contributed by atoms with Crippen molar-refractivity contribution < 1.29 is 14.4 Å². The van der Waals surface area contributed by atoms with Gasteiger partial charge in [0.1, 0.15) is 5.75 Å². The molecular weight excluding hydrogens is 384 g/mol. The fourth-order valence-electron chi connectivity index (χ4n) is 4.40. The van der Waals surface area contributed by atoms with Gasteiger partial charge in [0.05, 0.1) is 32.8 Å². The van der Waals surface area contributed by atoms with Gasteiger partial charge in [-0.3, -0.25) is 4.79 Å². The molecule has 0 aliphatic carbocycles. The number of likely N-dealkylation sites (tertiary alicyclic amines) is 1. The van der Waals surface area contributed by atoms with Crippen LogP contribution in [0.4, 0.5) is 5.69 Å². The van der Waals surface area contributed by atoms with Gasteiger partial charge in [0.2, 0.25) is 0 Å². The summed E-state index contributed by atoms with van der Waals surface area (Å²) in [6.07, 6.45) is 1.23. The Hall–Kier alpha value is -1.86. The summed E-state index contributed by atoms with van der Waals surface area (Å²) in [5.74, 6) is 2.39. The van der Waals surface area contributed by atoms with Crippen LogP contribution in [-0.2, 0) is 4.79 Å². The summed E-state index contributed by atoms with van der Waals surface area (Å²) in [6.45, 7) is 13.2. The van der Waals surface area contributed by atoms with Crippen LogP contribution in [0, 0.1) is 11.8 Å². The van der Waals surface area contributed by atoms with Crippen LogP contribution in [0.1, 0.15) is 27.2 Å². The van der Waals surface area contributed by atoms with Crippen LogP contribution in [0.3, 0.4) is 0 Å². The molecule has 160 valence electrons. The van der Waals surface area contributed by atoms with Gasteiger partial charge < -0.3 is 24.8 Å². The highest BCUT2D eigenvalue weighted by atomic mass is 32.1. The molecule has 3 rings (SSSR count). The monoisotopic (exact) mass is 419 g/mol. The lowest BCUT2D eigenvalue weighted by atomic mass is 9.92. The van der Waals surface area contributed by atoms with Crippen LogP contribution >= 0.6 is 12.2 Å². The molecule has 2 heterocycles. The highest BCUT2D eigenvalue weighted by molar-refractivity contribution is 7.80. The Morgan fingerprint density at radius 2 is 1.76 bits per heavy atom. The van der Waals surface area contributed by atoms with Crippen LogP contribution in [0.2, 0.25) is 0 Å². The average Bonchev–Trinajstić information content (AvgIpc) is 2.69. The van der Waals surface area contributed by atoms with E-state index in [4.69, 9.17) is 17.0 Å². The highest BCUT2D eigenvalue weighted by Gasteiger charge is 2.29. The van der Waals surface area contributed by atoms with E-state index in [-0.39, 0.29) is 0 Å². The largest absolute Gasteiger partial charge is 0.494 e. The predicted molar refractivity (Wildman–Crippen MR) is 120 cm³/mol. The molecule has 0 radical (unpaired) electrons. The number of anilines is 1. The van der Waals surface area contributed by atoms with Crippen LogP contribution in [0.25, 0.3) is 0 Å². The number of thiocarbonyl (C=S) groups is 1. The average molecular weight is 420 g/mol. The Balaban J connectivity index is 1.42. The Labute approximate surface area is 180 Å². The van der Waals surface area contributed by atoms with Crippen molar-refractivity contribution >= 4 is 28.9 Å². The third-order valence-corrected chi connectivity index (χ3v) is 6.16. The summed E-state index contributed by atoms with van der Waals surface area (Å²) in [5.41, 5.74) is 0.969. The number of nitrogens with one attached hydrogen (secondary N) is 2. The van der Waals surface area contributed by atoms with Crippen molar-refractivity contribution in [2.75, 3.05) is 57.7 Å². The molecule has 0 saturated carbocycles. The smallest absolute Gasteiger partial charge is 0.277 e. The van der Waals surface area contributed by atoms with Crippen LogP contribution in [0.5, 0.6) is 5.75 Å². The Kier molecular flexibility index (Phi) is 7.72. The first-order chi connectivity index (χ1) is 13.9. The van der Waals surface area contributed by atoms with Gasteiger partial charge in [-0.15, -0.1) is 0 Å². The molecular formula is C22H35N4O2S+. The van der Waals surface area contributed by atoms with Crippen molar-refractivity contribution in [1.82, 2.24) is 9.80 Å². The topological polar surface area (TPSA) is 49.3 Å². The Morgan fingerprint density at radius 1 is 1.14 bits per heavy atom.